The fraction of sp³-hybridized carbons (Fsp3) is 0.333. The van der Waals surface area contributed by atoms with Gasteiger partial charge in [-0.3, -0.25) is 9.59 Å². The number of aromatic nitrogens is 3. The van der Waals surface area contributed by atoms with Crippen LogP contribution in [0.4, 0.5) is 11.4 Å². The average molecular weight is 531 g/mol. The second-order valence-electron chi connectivity index (χ2n) is 8.92. The van der Waals surface area contributed by atoms with Crippen LogP contribution >= 0.6 is 11.6 Å². The fourth-order valence-electron chi connectivity index (χ4n) is 3.87. The minimum atomic E-state index is -3.48. The van der Waals surface area contributed by atoms with E-state index in [4.69, 9.17) is 11.6 Å². The number of amides is 2. The second-order valence-corrected chi connectivity index (χ2v) is 11.4. The van der Waals surface area contributed by atoms with E-state index in [-0.39, 0.29) is 33.0 Å². The van der Waals surface area contributed by atoms with Gasteiger partial charge in [0.2, 0.25) is 5.91 Å². The fourth-order valence-corrected chi connectivity index (χ4v) is 4.85. The van der Waals surface area contributed by atoms with Crippen LogP contribution in [0.3, 0.4) is 0 Å². The van der Waals surface area contributed by atoms with Crippen LogP contribution in [0.5, 0.6) is 0 Å². The SMILES string of the molecule is CC(C)C(=O)N1CCN(c2ccc(-n3cc(C(=O)Nc4cc(Cl)cc(S(C)(=O)=O)c4)cn3)nc2)CC1. The van der Waals surface area contributed by atoms with Gasteiger partial charge in [0.1, 0.15) is 0 Å². The molecule has 0 saturated carbocycles. The predicted octanol–water partition coefficient (Wildman–Crippen LogP) is 2.88. The first-order valence-corrected chi connectivity index (χ1v) is 13.6. The van der Waals surface area contributed by atoms with Crippen LogP contribution < -0.4 is 10.2 Å². The number of carbonyl (C=O) groups is 2. The molecule has 0 atom stereocenters. The Labute approximate surface area is 214 Å². The van der Waals surface area contributed by atoms with Crippen LogP contribution in [-0.4, -0.2) is 72.3 Å². The lowest BCUT2D eigenvalue weighted by Crippen LogP contribution is -2.49. The molecule has 0 radical (unpaired) electrons. The standard InChI is InChI=1S/C24H27ClN6O4S/c1-16(2)24(33)30-8-6-29(7-9-30)20-4-5-22(26-14-20)31-15-17(13-27-31)23(32)28-19-10-18(25)11-21(12-19)36(3,34)35/h4-5,10-16H,6-9H2,1-3H3,(H,28,32). The van der Waals surface area contributed by atoms with Gasteiger partial charge in [-0.2, -0.15) is 5.10 Å². The highest BCUT2D eigenvalue weighted by atomic mass is 35.5. The summed E-state index contributed by atoms with van der Waals surface area (Å²) in [5.41, 5.74) is 1.48. The van der Waals surface area contributed by atoms with Crippen LogP contribution in [-0.2, 0) is 14.6 Å². The van der Waals surface area contributed by atoms with Crippen molar-refractivity contribution in [3.63, 3.8) is 0 Å². The summed E-state index contributed by atoms with van der Waals surface area (Å²) in [6.07, 6.45) is 5.75. The topological polar surface area (TPSA) is 118 Å². The Morgan fingerprint density at radius 1 is 1.06 bits per heavy atom. The molecule has 36 heavy (non-hydrogen) atoms. The Kier molecular flexibility index (Phi) is 7.32. The number of piperazine rings is 1. The summed E-state index contributed by atoms with van der Waals surface area (Å²) < 4.78 is 25.2. The van der Waals surface area contributed by atoms with E-state index in [0.29, 0.717) is 18.9 Å². The van der Waals surface area contributed by atoms with Gasteiger partial charge >= 0.3 is 0 Å². The minimum absolute atomic E-state index is 0.00556. The van der Waals surface area contributed by atoms with E-state index in [9.17, 15) is 18.0 Å². The van der Waals surface area contributed by atoms with E-state index < -0.39 is 15.7 Å². The Balaban J connectivity index is 1.41. The molecule has 1 aliphatic rings. The molecule has 1 fully saturated rings. The number of halogens is 1. The number of carbonyl (C=O) groups excluding carboxylic acids is 2. The summed E-state index contributed by atoms with van der Waals surface area (Å²) in [6.45, 7) is 6.64. The first-order chi connectivity index (χ1) is 17.0. The molecule has 2 aromatic heterocycles. The maximum atomic E-state index is 12.7. The molecular weight excluding hydrogens is 504 g/mol. The number of nitrogens with one attached hydrogen (secondary N) is 1. The van der Waals surface area contributed by atoms with Gasteiger partial charge in [0.15, 0.2) is 15.7 Å². The third-order valence-electron chi connectivity index (χ3n) is 5.82. The summed E-state index contributed by atoms with van der Waals surface area (Å²) in [5.74, 6) is 0.240. The minimum Gasteiger partial charge on any atom is -0.367 e. The average Bonchev–Trinajstić information content (AvgIpc) is 3.33. The lowest BCUT2D eigenvalue weighted by atomic mass is 10.1. The molecule has 0 aliphatic carbocycles. The van der Waals surface area contributed by atoms with Gasteiger partial charge in [-0.05, 0) is 30.3 Å². The zero-order chi connectivity index (χ0) is 26.0. The highest BCUT2D eigenvalue weighted by Crippen LogP contribution is 2.23. The molecule has 1 N–H and O–H groups in total. The van der Waals surface area contributed by atoms with Crippen molar-refractivity contribution in [3.8, 4) is 5.82 Å². The molecule has 4 rings (SSSR count). The third kappa shape index (κ3) is 5.85. The molecule has 190 valence electrons. The molecule has 12 heteroatoms. The first kappa shape index (κ1) is 25.6. The van der Waals surface area contributed by atoms with Crippen molar-refractivity contribution >= 4 is 44.6 Å². The van der Waals surface area contributed by atoms with Crippen LogP contribution in [0.2, 0.25) is 5.02 Å². The van der Waals surface area contributed by atoms with Gasteiger partial charge < -0.3 is 15.1 Å². The number of rotatable bonds is 6. The quantitative estimate of drug-likeness (QED) is 0.520. The van der Waals surface area contributed by atoms with Crippen molar-refractivity contribution in [2.24, 2.45) is 5.92 Å². The number of hydrogen-bond donors (Lipinski definition) is 1. The lowest BCUT2D eigenvalue weighted by molar-refractivity contribution is -0.134. The van der Waals surface area contributed by atoms with Gasteiger partial charge in [-0.1, -0.05) is 25.4 Å². The van der Waals surface area contributed by atoms with E-state index in [1.165, 1.54) is 35.3 Å². The van der Waals surface area contributed by atoms with Crippen molar-refractivity contribution in [2.75, 3.05) is 42.7 Å². The van der Waals surface area contributed by atoms with Gasteiger partial charge in [0, 0.05) is 55.3 Å². The number of anilines is 2. The smallest absolute Gasteiger partial charge is 0.258 e. The molecule has 1 aromatic carbocycles. The summed E-state index contributed by atoms with van der Waals surface area (Å²) >= 11 is 6.01. The van der Waals surface area contributed by atoms with Crippen molar-refractivity contribution in [1.82, 2.24) is 19.7 Å². The Morgan fingerprint density at radius 2 is 1.78 bits per heavy atom. The summed E-state index contributed by atoms with van der Waals surface area (Å²) in [6, 6.07) is 7.89. The largest absolute Gasteiger partial charge is 0.367 e. The molecule has 0 unspecified atom stereocenters. The van der Waals surface area contributed by atoms with E-state index in [1.54, 1.807) is 6.20 Å². The molecule has 1 aliphatic heterocycles. The van der Waals surface area contributed by atoms with Crippen LogP contribution in [0, 0.1) is 5.92 Å². The molecule has 10 nitrogen and oxygen atoms in total. The molecular formula is C24H27ClN6O4S. The van der Waals surface area contributed by atoms with Crippen LogP contribution in [0.25, 0.3) is 5.82 Å². The number of sulfone groups is 1. The molecule has 2 amide bonds. The monoisotopic (exact) mass is 530 g/mol. The number of hydrogen-bond acceptors (Lipinski definition) is 7. The number of pyridine rings is 1. The highest BCUT2D eigenvalue weighted by molar-refractivity contribution is 7.90. The number of nitrogens with zero attached hydrogens (tertiary/aromatic N) is 5. The molecule has 0 spiro atoms. The normalized spacial score (nSPS) is 14.2. The Hall–Kier alpha value is -3.44. The molecule has 3 heterocycles. The predicted molar refractivity (Wildman–Crippen MR) is 138 cm³/mol. The van der Waals surface area contributed by atoms with Crippen molar-refractivity contribution in [2.45, 2.75) is 18.7 Å². The number of benzene rings is 1. The lowest BCUT2D eigenvalue weighted by Gasteiger charge is -2.36. The zero-order valence-corrected chi connectivity index (χ0v) is 21.8. The van der Waals surface area contributed by atoms with Crippen molar-refractivity contribution in [1.29, 1.82) is 0 Å². The summed E-state index contributed by atoms with van der Waals surface area (Å²) in [7, 11) is -3.48. The van der Waals surface area contributed by atoms with Crippen LogP contribution in [0.1, 0.15) is 24.2 Å². The van der Waals surface area contributed by atoms with Crippen molar-refractivity contribution < 1.29 is 18.0 Å². The third-order valence-corrected chi connectivity index (χ3v) is 7.13. The van der Waals surface area contributed by atoms with E-state index >= 15 is 0 Å². The van der Waals surface area contributed by atoms with Crippen LogP contribution in [0.15, 0.2) is 53.8 Å². The van der Waals surface area contributed by atoms with Gasteiger partial charge in [0.25, 0.3) is 5.91 Å². The maximum Gasteiger partial charge on any atom is 0.258 e. The van der Waals surface area contributed by atoms with E-state index in [2.05, 4.69) is 20.3 Å². The van der Waals surface area contributed by atoms with Gasteiger partial charge in [-0.25, -0.2) is 18.1 Å². The Morgan fingerprint density at radius 3 is 2.39 bits per heavy atom. The van der Waals surface area contributed by atoms with E-state index in [0.717, 1.165) is 25.0 Å². The molecule has 1 saturated heterocycles. The highest BCUT2D eigenvalue weighted by Gasteiger charge is 2.23. The second kappa shape index (κ2) is 10.3. The maximum absolute atomic E-state index is 12.7. The summed E-state index contributed by atoms with van der Waals surface area (Å²) in [4.78, 5) is 33.4. The first-order valence-electron chi connectivity index (χ1n) is 11.4. The van der Waals surface area contributed by atoms with Crippen molar-refractivity contribution in [3.05, 3.63) is 59.5 Å². The molecule has 0 bridgehead atoms. The van der Waals surface area contributed by atoms with E-state index in [1.807, 2.05) is 30.9 Å². The molecule has 3 aromatic rings. The summed E-state index contributed by atoms with van der Waals surface area (Å²) in [5, 5.41) is 7.07. The van der Waals surface area contributed by atoms with Gasteiger partial charge in [0.05, 0.1) is 28.5 Å². The Bertz CT molecular complexity index is 1380. The van der Waals surface area contributed by atoms with Gasteiger partial charge in [-0.15, -0.1) is 0 Å². The zero-order valence-electron chi connectivity index (χ0n) is 20.2.